The lowest BCUT2D eigenvalue weighted by atomic mass is 10.2. The molecular weight excluding hydrogens is 242 g/mol. The van der Waals surface area contributed by atoms with Gasteiger partial charge in [-0.05, 0) is 37.3 Å². The molecule has 19 heavy (non-hydrogen) atoms. The van der Waals surface area contributed by atoms with E-state index in [4.69, 9.17) is 9.47 Å². The van der Waals surface area contributed by atoms with Crippen molar-refractivity contribution >= 4 is 5.69 Å². The summed E-state index contributed by atoms with van der Waals surface area (Å²) >= 11 is 0. The van der Waals surface area contributed by atoms with E-state index in [0.717, 1.165) is 11.4 Å². The highest BCUT2D eigenvalue weighted by Crippen LogP contribution is 2.15. The molecule has 0 spiro atoms. The standard InChI is InChI=1S/C14H19N3O2/c1-11(14(18-2)19-3)16-12-5-7-13(8-6-12)17-10-4-9-15-17/h4-11,14,16H,1-3H3. The second-order valence-corrected chi connectivity index (χ2v) is 4.27. The van der Waals surface area contributed by atoms with Gasteiger partial charge in [-0.25, -0.2) is 4.68 Å². The Morgan fingerprint density at radius 3 is 2.37 bits per heavy atom. The van der Waals surface area contributed by atoms with Crippen LogP contribution in [0.1, 0.15) is 6.92 Å². The fourth-order valence-electron chi connectivity index (χ4n) is 1.97. The third kappa shape index (κ3) is 3.33. The van der Waals surface area contributed by atoms with Gasteiger partial charge in [-0.15, -0.1) is 0 Å². The number of hydrogen-bond donors (Lipinski definition) is 1. The van der Waals surface area contributed by atoms with Gasteiger partial charge in [-0.2, -0.15) is 5.10 Å². The van der Waals surface area contributed by atoms with E-state index in [9.17, 15) is 0 Å². The topological polar surface area (TPSA) is 48.3 Å². The second kappa shape index (κ2) is 6.36. The molecule has 0 fully saturated rings. The van der Waals surface area contributed by atoms with Crippen molar-refractivity contribution in [2.75, 3.05) is 19.5 Å². The Hall–Kier alpha value is -1.85. The van der Waals surface area contributed by atoms with Crippen molar-refractivity contribution in [3.8, 4) is 5.69 Å². The Balaban J connectivity index is 2.03. The molecule has 5 nitrogen and oxygen atoms in total. The number of aromatic nitrogens is 2. The number of nitrogens with one attached hydrogen (secondary N) is 1. The van der Waals surface area contributed by atoms with Crippen LogP contribution in [-0.2, 0) is 9.47 Å². The summed E-state index contributed by atoms with van der Waals surface area (Å²) in [6.07, 6.45) is 3.40. The molecule has 1 N–H and O–H groups in total. The van der Waals surface area contributed by atoms with Gasteiger partial charge in [-0.1, -0.05) is 0 Å². The maximum atomic E-state index is 5.22. The van der Waals surface area contributed by atoms with E-state index in [-0.39, 0.29) is 12.3 Å². The van der Waals surface area contributed by atoms with Crippen LogP contribution in [0.3, 0.4) is 0 Å². The van der Waals surface area contributed by atoms with Crippen LogP contribution in [0.2, 0.25) is 0 Å². The fraction of sp³-hybridized carbons (Fsp3) is 0.357. The smallest absolute Gasteiger partial charge is 0.176 e. The van der Waals surface area contributed by atoms with Gasteiger partial charge in [0.15, 0.2) is 6.29 Å². The summed E-state index contributed by atoms with van der Waals surface area (Å²) in [4.78, 5) is 0. The molecular formula is C14H19N3O2. The molecule has 0 aliphatic heterocycles. The molecule has 1 aromatic carbocycles. The average molecular weight is 261 g/mol. The second-order valence-electron chi connectivity index (χ2n) is 4.27. The van der Waals surface area contributed by atoms with E-state index in [1.165, 1.54) is 0 Å². The van der Waals surface area contributed by atoms with Gasteiger partial charge in [0, 0.05) is 32.3 Å². The van der Waals surface area contributed by atoms with E-state index >= 15 is 0 Å². The lowest BCUT2D eigenvalue weighted by molar-refractivity contribution is -0.109. The number of rotatable bonds is 6. The minimum atomic E-state index is -0.272. The molecule has 0 amide bonds. The molecule has 1 heterocycles. The predicted octanol–water partition coefficient (Wildman–Crippen LogP) is 2.29. The number of nitrogens with zero attached hydrogens (tertiary/aromatic N) is 2. The molecule has 0 aliphatic rings. The number of anilines is 1. The summed E-state index contributed by atoms with van der Waals surface area (Å²) < 4.78 is 12.3. The van der Waals surface area contributed by atoms with E-state index in [1.54, 1.807) is 20.4 Å². The first kappa shape index (κ1) is 13.6. The molecule has 1 unspecified atom stereocenters. The van der Waals surface area contributed by atoms with Crippen molar-refractivity contribution in [3.05, 3.63) is 42.7 Å². The van der Waals surface area contributed by atoms with Crippen LogP contribution in [-0.4, -0.2) is 36.3 Å². The van der Waals surface area contributed by atoms with E-state index in [0.29, 0.717) is 0 Å². The highest BCUT2D eigenvalue weighted by Gasteiger charge is 2.15. The molecule has 2 rings (SSSR count). The first-order chi connectivity index (χ1) is 9.24. The lowest BCUT2D eigenvalue weighted by Gasteiger charge is -2.23. The van der Waals surface area contributed by atoms with Crippen molar-refractivity contribution in [2.45, 2.75) is 19.3 Å². The molecule has 0 radical (unpaired) electrons. The van der Waals surface area contributed by atoms with Crippen LogP contribution < -0.4 is 5.32 Å². The van der Waals surface area contributed by atoms with Crippen LogP contribution in [0.15, 0.2) is 42.7 Å². The maximum Gasteiger partial charge on any atom is 0.176 e. The zero-order chi connectivity index (χ0) is 13.7. The molecule has 0 saturated heterocycles. The van der Waals surface area contributed by atoms with E-state index in [2.05, 4.69) is 10.4 Å². The Kier molecular flexibility index (Phi) is 4.54. The maximum absolute atomic E-state index is 5.22. The molecule has 0 saturated carbocycles. The minimum absolute atomic E-state index is 0.0607. The lowest BCUT2D eigenvalue weighted by Crippen LogP contribution is -2.33. The van der Waals surface area contributed by atoms with Gasteiger partial charge >= 0.3 is 0 Å². The van der Waals surface area contributed by atoms with Crippen LogP contribution in [0, 0.1) is 0 Å². The van der Waals surface area contributed by atoms with Crippen LogP contribution in [0.5, 0.6) is 0 Å². The molecule has 102 valence electrons. The zero-order valence-electron chi connectivity index (χ0n) is 11.4. The monoisotopic (exact) mass is 261 g/mol. The summed E-state index contributed by atoms with van der Waals surface area (Å²) in [6, 6.07) is 10.0. The molecule has 0 aliphatic carbocycles. The van der Waals surface area contributed by atoms with Crippen LogP contribution in [0.4, 0.5) is 5.69 Å². The third-order valence-electron chi connectivity index (χ3n) is 2.90. The SMILES string of the molecule is COC(OC)C(C)Nc1ccc(-n2cccn2)cc1. The fourth-order valence-corrected chi connectivity index (χ4v) is 1.97. The normalized spacial score (nSPS) is 12.6. The van der Waals surface area contributed by atoms with Crippen LogP contribution in [0.25, 0.3) is 5.69 Å². The summed E-state index contributed by atoms with van der Waals surface area (Å²) in [5, 5.41) is 7.52. The summed E-state index contributed by atoms with van der Waals surface area (Å²) in [7, 11) is 3.26. The van der Waals surface area contributed by atoms with Gasteiger partial charge in [0.2, 0.25) is 0 Å². The van der Waals surface area contributed by atoms with Gasteiger partial charge in [0.1, 0.15) is 0 Å². The van der Waals surface area contributed by atoms with Gasteiger partial charge in [0.05, 0.1) is 11.7 Å². The Bertz CT molecular complexity index is 478. The van der Waals surface area contributed by atoms with E-state index in [1.807, 2.05) is 48.1 Å². The van der Waals surface area contributed by atoms with Crippen molar-refractivity contribution in [3.63, 3.8) is 0 Å². The van der Waals surface area contributed by atoms with Gasteiger partial charge in [0.25, 0.3) is 0 Å². The number of ether oxygens (including phenoxy) is 2. The number of benzene rings is 1. The Morgan fingerprint density at radius 2 is 1.84 bits per heavy atom. The van der Waals surface area contributed by atoms with Crippen LogP contribution >= 0.6 is 0 Å². The number of hydrogen-bond acceptors (Lipinski definition) is 4. The van der Waals surface area contributed by atoms with Gasteiger partial charge < -0.3 is 14.8 Å². The Morgan fingerprint density at radius 1 is 1.16 bits per heavy atom. The molecule has 2 aromatic rings. The minimum Gasteiger partial charge on any atom is -0.377 e. The zero-order valence-corrected chi connectivity index (χ0v) is 11.4. The van der Waals surface area contributed by atoms with Gasteiger partial charge in [-0.3, -0.25) is 0 Å². The van der Waals surface area contributed by atoms with Crippen molar-refractivity contribution in [2.24, 2.45) is 0 Å². The van der Waals surface area contributed by atoms with E-state index < -0.39 is 0 Å². The molecule has 0 bridgehead atoms. The summed E-state index contributed by atoms with van der Waals surface area (Å²) in [6.45, 7) is 2.01. The molecule has 1 aromatic heterocycles. The van der Waals surface area contributed by atoms with Crippen molar-refractivity contribution in [1.29, 1.82) is 0 Å². The third-order valence-corrected chi connectivity index (χ3v) is 2.90. The molecule has 5 heteroatoms. The first-order valence-corrected chi connectivity index (χ1v) is 6.17. The highest BCUT2D eigenvalue weighted by atomic mass is 16.7. The predicted molar refractivity (Wildman–Crippen MR) is 74.5 cm³/mol. The van der Waals surface area contributed by atoms with Crippen molar-refractivity contribution in [1.82, 2.24) is 9.78 Å². The largest absolute Gasteiger partial charge is 0.377 e. The summed E-state index contributed by atoms with van der Waals surface area (Å²) in [5.41, 5.74) is 2.04. The first-order valence-electron chi connectivity index (χ1n) is 6.17. The quantitative estimate of drug-likeness (QED) is 0.811. The Labute approximate surface area is 113 Å². The molecule has 1 atom stereocenters. The number of methoxy groups -OCH3 is 2. The average Bonchev–Trinajstić information content (AvgIpc) is 2.95. The van der Waals surface area contributed by atoms with Crippen molar-refractivity contribution < 1.29 is 9.47 Å². The highest BCUT2D eigenvalue weighted by molar-refractivity contribution is 5.49. The summed E-state index contributed by atoms with van der Waals surface area (Å²) in [5.74, 6) is 0.